The number of nitrogens with one attached hydrogen (secondary N) is 2. The van der Waals surface area contributed by atoms with E-state index in [9.17, 15) is 14.9 Å². The van der Waals surface area contributed by atoms with Crippen LogP contribution < -0.4 is 20.1 Å². The number of hydrogen-bond acceptors (Lipinski definition) is 5. The lowest BCUT2D eigenvalue weighted by atomic mass is 10.2. The summed E-state index contributed by atoms with van der Waals surface area (Å²) in [5.41, 5.74) is 1.21. The highest BCUT2D eigenvalue weighted by Gasteiger charge is 2.14. The van der Waals surface area contributed by atoms with Gasteiger partial charge in [-0.15, -0.1) is 0 Å². The lowest BCUT2D eigenvalue weighted by Crippen LogP contribution is -2.20. The van der Waals surface area contributed by atoms with E-state index < -0.39 is 11.0 Å². The first kappa shape index (κ1) is 18.3. The number of methoxy groups -OCH3 is 2. The molecule has 0 bridgehead atoms. The monoisotopic (exact) mass is 365 g/mol. The molecular formula is C16H16ClN3O5. The molecule has 0 aliphatic heterocycles. The maximum Gasteiger partial charge on any atom is 0.323 e. The smallest absolute Gasteiger partial charge is 0.323 e. The van der Waals surface area contributed by atoms with Crippen molar-refractivity contribution in [3.63, 3.8) is 0 Å². The molecule has 2 N–H and O–H groups in total. The van der Waals surface area contributed by atoms with Crippen LogP contribution in [0.5, 0.6) is 11.5 Å². The maximum atomic E-state index is 12.2. The van der Waals surface area contributed by atoms with Gasteiger partial charge in [0.25, 0.3) is 5.69 Å². The van der Waals surface area contributed by atoms with Crippen LogP contribution in [0.4, 0.5) is 21.9 Å². The Kier molecular flexibility index (Phi) is 5.66. The topological polar surface area (TPSA) is 103 Å². The van der Waals surface area contributed by atoms with Crippen molar-refractivity contribution in [1.29, 1.82) is 0 Å². The van der Waals surface area contributed by atoms with E-state index in [2.05, 4.69) is 10.6 Å². The van der Waals surface area contributed by atoms with Gasteiger partial charge in [-0.1, -0.05) is 17.7 Å². The van der Waals surface area contributed by atoms with Crippen LogP contribution in [0.2, 0.25) is 5.02 Å². The molecule has 9 heteroatoms. The number of anilines is 2. The third-order valence-corrected chi connectivity index (χ3v) is 3.70. The Morgan fingerprint density at radius 3 is 2.32 bits per heavy atom. The van der Waals surface area contributed by atoms with E-state index in [1.54, 1.807) is 13.0 Å². The first-order valence-electron chi connectivity index (χ1n) is 7.10. The molecular weight excluding hydrogens is 350 g/mol. The number of rotatable bonds is 5. The molecule has 0 fully saturated rings. The van der Waals surface area contributed by atoms with Crippen LogP contribution in [0, 0.1) is 17.0 Å². The number of aryl methyl sites for hydroxylation is 1. The van der Waals surface area contributed by atoms with Gasteiger partial charge >= 0.3 is 6.03 Å². The van der Waals surface area contributed by atoms with E-state index in [1.165, 1.54) is 38.5 Å². The van der Waals surface area contributed by atoms with Gasteiger partial charge in [0.2, 0.25) is 0 Å². The summed E-state index contributed by atoms with van der Waals surface area (Å²) in [6, 6.07) is 6.63. The van der Waals surface area contributed by atoms with Crippen LogP contribution >= 0.6 is 11.6 Å². The molecule has 0 saturated carbocycles. The molecule has 8 nitrogen and oxygen atoms in total. The van der Waals surface area contributed by atoms with Crippen LogP contribution in [-0.4, -0.2) is 25.2 Å². The van der Waals surface area contributed by atoms with Gasteiger partial charge in [-0.3, -0.25) is 10.1 Å². The van der Waals surface area contributed by atoms with E-state index in [1.807, 2.05) is 0 Å². The summed E-state index contributed by atoms with van der Waals surface area (Å²) in [6.07, 6.45) is 0. The first-order valence-corrected chi connectivity index (χ1v) is 7.48. The highest BCUT2D eigenvalue weighted by Crippen LogP contribution is 2.36. The second-order valence-electron chi connectivity index (χ2n) is 5.02. The number of urea groups is 1. The molecule has 0 unspecified atom stereocenters. The van der Waals surface area contributed by atoms with Crippen molar-refractivity contribution >= 4 is 34.7 Å². The third kappa shape index (κ3) is 4.30. The van der Waals surface area contributed by atoms with Crippen LogP contribution in [0.3, 0.4) is 0 Å². The molecule has 2 rings (SSSR count). The van der Waals surface area contributed by atoms with Crippen molar-refractivity contribution in [2.45, 2.75) is 6.92 Å². The van der Waals surface area contributed by atoms with Crippen molar-refractivity contribution in [1.82, 2.24) is 0 Å². The Morgan fingerprint density at radius 2 is 1.72 bits per heavy atom. The molecule has 0 spiro atoms. The summed E-state index contributed by atoms with van der Waals surface area (Å²) in [7, 11) is 2.90. The minimum Gasteiger partial charge on any atom is -0.495 e. The quantitative estimate of drug-likeness (QED) is 0.610. The minimum atomic E-state index is -0.594. The van der Waals surface area contributed by atoms with Crippen molar-refractivity contribution in [3.05, 3.63) is 51.0 Å². The number of halogens is 1. The Balaban J connectivity index is 2.22. The van der Waals surface area contributed by atoms with Crippen LogP contribution in [0.1, 0.15) is 5.56 Å². The number of non-ortho nitro benzene ring substituents is 1. The zero-order valence-electron chi connectivity index (χ0n) is 13.8. The Hall–Kier alpha value is -3.00. The number of carbonyl (C=O) groups is 1. The Bertz CT molecular complexity index is 826. The Morgan fingerprint density at radius 1 is 1.08 bits per heavy atom. The van der Waals surface area contributed by atoms with E-state index in [4.69, 9.17) is 21.1 Å². The second kappa shape index (κ2) is 7.71. The SMILES string of the molecule is COc1cc(OC)c(NC(=O)Nc2cc([N+](=O)[O-])ccc2C)cc1Cl. The predicted octanol–water partition coefficient (Wildman–Crippen LogP) is 4.22. The first-order chi connectivity index (χ1) is 11.8. The molecule has 2 aromatic carbocycles. The number of amides is 2. The van der Waals surface area contributed by atoms with Crippen LogP contribution in [0.15, 0.2) is 30.3 Å². The van der Waals surface area contributed by atoms with Gasteiger partial charge in [-0.05, 0) is 18.6 Å². The average molecular weight is 366 g/mol. The van der Waals surface area contributed by atoms with Gasteiger partial charge < -0.3 is 20.1 Å². The molecule has 0 radical (unpaired) electrons. The van der Waals surface area contributed by atoms with Gasteiger partial charge in [0.1, 0.15) is 11.5 Å². The standard InChI is InChI=1S/C16H16ClN3O5/c1-9-4-5-10(20(22)23)6-12(9)18-16(21)19-13-7-11(17)14(24-2)8-15(13)25-3/h4-8H,1-3H3,(H2,18,19,21). The van der Waals surface area contributed by atoms with E-state index in [0.29, 0.717) is 33.5 Å². The number of nitro benzene ring substituents is 1. The molecule has 0 aromatic heterocycles. The molecule has 2 amide bonds. The summed E-state index contributed by atoms with van der Waals surface area (Å²) in [5.74, 6) is 0.756. The van der Waals surface area contributed by atoms with Crippen LogP contribution in [0.25, 0.3) is 0 Å². The second-order valence-corrected chi connectivity index (χ2v) is 5.43. The Labute approximate surface area is 148 Å². The minimum absolute atomic E-state index is 0.119. The number of nitrogens with zero attached hydrogens (tertiary/aromatic N) is 1. The van der Waals surface area contributed by atoms with Gasteiger partial charge in [0.05, 0.1) is 35.5 Å². The molecule has 25 heavy (non-hydrogen) atoms. The molecule has 0 aliphatic rings. The largest absolute Gasteiger partial charge is 0.495 e. The molecule has 0 atom stereocenters. The molecule has 0 heterocycles. The maximum absolute atomic E-state index is 12.2. The lowest BCUT2D eigenvalue weighted by molar-refractivity contribution is -0.384. The zero-order valence-corrected chi connectivity index (χ0v) is 14.5. The van der Waals surface area contributed by atoms with Gasteiger partial charge in [0, 0.05) is 18.2 Å². The average Bonchev–Trinajstić information content (AvgIpc) is 2.56. The highest BCUT2D eigenvalue weighted by molar-refractivity contribution is 6.32. The number of benzene rings is 2. The summed E-state index contributed by atoms with van der Waals surface area (Å²) in [6.45, 7) is 1.73. The zero-order chi connectivity index (χ0) is 18.6. The molecule has 132 valence electrons. The van der Waals surface area contributed by atoms with E-state index in [-0.39, 0.29) is 5.69 Å². The van der Waals surface area contributed by atoms with Gasteiger partial charge in [0.15, 0.2) is 0 Å². The fourth-order valence-corrected chi connectivity index (χ4v) is 2.33. The summed E-state index contributed by atoms with van der Waals surface area (Å²) in [5, 5.41) is 16.3. The van der Waals surface area contributed by atoms with Gasteiger partial charge in [-0.25, -0.2) is 4.79 Å². The predicted molar refractivity (Wildman–Crippen MR) is 95.0 cm³/mol. The molecule has 0 aliphatic carbocycles. The van der Waals surface area contributed by atoms with Crippen molar-refractivity contribution < 1.29 is 19.2 Å². The fourth-order valence-electron chi connectivity index (χ4n) is 2.09. The summed E-state index contributed by atoms with van der Waals surface area (Å²) >= 11 is 6.06. The highest BCUT2D eigenvalue weighted by atomic mass is 35.5. The summed E-state index contributed by atoms with van der Waals surface area (Å²) < 4.78 is 10.3. The van der Waals surface area contributed by atoms with Crippen LogP contribution in [-0.2, 0) is 0 Å². The van der Waals surface area contributed by atoms with E-state index >= 15 is 0 Å². The summed E-state index contributed by atoms with van der Waals surface area (Å²) in [4.78, 5) is 22.6. The van der Waals surface area contributed by atoms with Crippen molar-refractivity contribution in [2.24, 2.45) is 0 Å². The molecule has 2 aromatic rings. The van der Waals surface area contributed by atoms with E-state index in [0.717, 1.165) is 0 Å². The fraction of sp³-hybridized carbons (Fsp3) is 0.188. The third-order valence-electron chi connectivity index (χ3n) is 3.40. The number of nitro groups is 1. The molecule has 0 saturated heterocycles. The van der Waals surface area contributed by atoms with Gasteiger partial charge in [-0.2, -0.15) is 0 Å². The number of carbonyl (C=O) groups excluding carboxylic acids is 1. The lowest BCUT2D eigenvalue weighted by Gasteiger charge is -2.14. The van der Waals surface area contributed by atoms with Crippen molar-refractivity contribution in [3.8, 4) is 11.5 Å². The number of ether oxygens (including phenoxy) is 2. The van der Waals surface area contributed by atoms with Crippen molar-refractivity contribution in [2.75, 3.05) is 24.9 Å². The normalized spacial score (nSPS) is 10.1. The number of hydrogen-bond donors (Lipinski definition) is 2.